The summed E-state index contributed by atoms with van der Waals surface area (Å²) in [5, 5.41) is 22.9. The van der Waals surface area contributed by atoms with Crippen LogP contribution in [-0.2, 0) is 32.0 Å². The third-order valence-electron chi connectivity index (χ3n) is 4.69. The molecule has 0 saturated heterocycles. The average Bonchev–Trinajstić information content (AvgIpc) is 3.51. The smallest absolute Gasteiger partial charge is 0.326 e. The summed E-state index contributed by atoms with van der Waals surface area (Å²) >= 11 is 0. The molecule has 0 spiro atoms. The van der Waals surface area contributed by atoms with Gasteiger partial charge in [0, 0.05) is 49.5 Å². The molecule has 0 saturated carbocycles. The molecule has 2 atom stereocenters. The number of amides is 2. The molecular formula is C21H34N8O6. The van der Waals surface area contributed by atoms with Crippen LogP contribution in [-0.4, -0.2) is 79.1 Å². The van der Waals surface area contributed by atoms with Gasteiger partial charge in [-0.3, -0.25) is 9.59 Å². The molecule has 14 nitrogen and oxygen atoms in total. The Balaban J connectivity index is 0.000000351. The molecule has 35 heavy (non-hydrogen) atoms. The second-order valence-electron chi connectivity index (χ2n) is 7.62. The van der Waals surface area contributed by atoms with Crippen LogP contribution in [0.3, 0.4) is 0 Å². The number of nitrogens with zero attached hydrogens (tertiary/aromatic N) is 2. The van der Waals surface area contributed by atoms with Crippen molar-refractivity contribution in [1.82, 2.24) is 30.6 Å². The summed E-state index contributed by atoms with van der Waals surface area (Å²) in [7, 11) is 0. The lowest BCUT2D eigenvalue weighted by Gasteiger charge is -2.13. The third-order valence-corrected chi connectivity index (χ3v) is 4.69. The van der Waals surface area contributed by atoms with Crippen molar-refractivity contribution in [1.29, 1.82) is 0 Å². The highest BCUT2D eigenvalue weighted by Gasteiger charge is 2.21. The van der Waals surface area contributed by atoms with Crippen molar-refractivity contribution in [3.05, 3.63) is 36.4 Å². The number of rotatable bonds is 15. The molecule has 0 unspecified atom stereocenters. The lowest BCUT2D eigenvalue weighted by atomic mass is 10.1. The number of carbonyl (C=O) groups is 4. The maximum Gasteiger partial charge on any atom is 0.326 e. The van der Waals surface area contributed by atoms with Crippen LogP contribution in [0, 0.1) is 0 Å². The van der Waals surface area contributed by atoms with Gasteiger partial charge in [0.1, 0.15) is 12.1 Å². The van der Waals surface area contributed by atoms with Gasteiger partial charge in [0.2, 0.25) is 11.8 Å². The first kappa shape index (κ1) is 29.3. The fourth-order valence-electron chi connectivity index (χ4n) is 2.86. The molecule has 14 heteroatoms. The molecule has 0 aliphatic heterocycles. The van der Waals surface area contributed by atoms with Crippen molar-refractivity contribution in [2.45, 2.75) is 57.0 Å². The Labute approximate surface area is 202 Å². The van der Waals surface area contributed by atoms with E-state index in [-0.39, 0.29) is 31.1 Å². The van der Waals surface area contributed by atoms with Gasteiger partial charge >= 0.3 is 11.9 Å². The van der Waals surface area contributed by atoms with E-state index in [9.17, 15) is 19.2 Å². The molecule has 10 N–H and O–H groups in total. The number of nitrogens with one attached hydrogen (secondary N) is 4. The van der Waals surface area contributed by atoms with Crippen LogP contribution >= 0.6 is 0 Å². The summed E-state index contributed by atoms with van der Waals surface area (Å²) in [6.07, 6.45) is 8.88. The summed E-state index contributed by atoms with van der Waals surface area (Å²) in [6.45, 7) is 0.940. The Morgan fingerprint density at radius 2 is 1.20 bits per heavy atom. The topological polar surface area (TPSA) is 242 Å². The number of carboxylic acid groups (broad SMARTS) is 2. The standard InChI is InChI=1S/C11H18N4O3.C10H16N4O3/c12-4-2-1-3-10(16)15-9(11(17)18)5-8-6-13-7-14-8;11-3-1-2-9(15)14-8(10(16)17)4-7-5-12-6-13-7/h6-7,9H,1-5,12H2,(H,13,14)(H,15,16)(H,17,18);5-6,8H,1-4,11H2,(H,12,13)(H,14,15)(H,16,17)/t9-;8-/m00/s1. The van der Waals surface area contributed by atoms with Crippen LogP contribution < -0.4 is 22.1 Å². The van der Waals surface area contributed by atoms with Crippen molar-refractivity contribution >= 4 is 23.8 Å². The van der Waals surface area contributed by atoms with E-state index in [2.05, 4.69) is 30.6 Å². The minimum absolute atomic E-state index is 0.184. The fraction of sp³-hybridized carbons (Fsp3) is 0.524. The Bertz CT molecular complexity index is 888. The van der Waals surface area contributed by atoms with Crippen LogP contribution in [0.25, 0.3) is 0 Å². The molecule has 2 amide bonds. The number of hydrogen-bond acceptors (Lipinski definition) is 8. The van der Waals surface area contributed by atoms with Crippen molar-refractivity contribution in [2.24, 2.45) is 11.5 Å². The van der Waals surface area contributed by atoms with E-state index < -0.39 is 24.0 Å². The van der Waals surface area contributed by atoms with Gasteiger partial charge < -0.3 is 42.3 Å². The Morgan fingerprint density at radius 3 is 1.54 bits per heavy atom. The molecule has 0 bridgehead atoms. The fourth-order valence-corrected chi connectivity index (χ4v) is 2.86. The van der Waals surface area contributed by atoms with Crippen molar-refractivity contribution in [3.8, 4) is 0 Å². The molecule has 2 aromatic heterocycles. The maximum absolute atomic E-state index is 11.5. The monoisotopic (exact) mass is 494 g/mol. The number of carbonyl (C=O) groups excluding carboxylic acids is 2. The van der Waals surface area contributed by atoms with E-state index in [1.165, 1.54) is 25.0 Å². The number of unbranched alkanes of at least 4 members (excludes halogenated alkanes) is 1. The second kappa shape index (κ2) is 16.8. The first-order valence-corrected chi connectivity index (χ1v) is 11.2. The zero-order chi connectivity index (χ0) is 26.1. The highest BCUT2D eigenvalue weighted by molar-refractivity contribution is 5.84. The van der Waals surface area contributed by atoms with E-state index in [1.54, 1.807) is 0 Å². The highest BCUT2D eigenvalue weighted by atomic mass is 16.4. The van der Waals surface area contributed by atoms with Crippen molar-refractivity contribution < 1.29 is 29.4 Å². The quantitative estimate of drug-likeness (QED) is 0.139. The number of carboxylic acids is 2. The van der Waals surface area contributed by atoms with Crippen LogP contribution in [0.4, 0.5) is 0 Å². The lowest BCUT2D eigenvalue weighted by molar-refractivity contribution is -0.142. The molecule has 0 aromatic carbocycles. The van der Waals surface area contributed by atoms with Crippen molar-refractivity contribution in [2.75, 3.05) is 13.1 Å². The molecule has 2 aromatic rings. The van der Waals surface area contributed by atoms with Crippen molar-refractivity contribution in [3.63, 3.8) is 0 Å². The molecule has 194 valence electrons. The molecule has 2 rings (SSSR count). The predicted octanol–water partition coefficient (Wildman–Crippen LogP) is -1.09. The Morgan fingerprint density at radius 1 is 0.771 bits per heavy atom. The van der Waals surface area contributed by atoms with Crippen LogP contribution in [0.2, 0.25) is 0 Å². The number of H-pyrrole nitrogens is 2. The number of hydrogen-bond donors (Lipinski definition) is 8. The minimum atomic E-state index is -1.07. The number of imidazole rings is 2. The molecule has 0 fully saturated rings. The number of aliphatic carboxylic acids is 2. The van der Waals surface area contributed by atoms with Gasteiger partial charge in [-0.25, -0.2) is 19.6 Å². The zero-order valence-electron chi connectivity index (χ0n) is 19.4. The first-order chi connectivity index (χ1) is 16.8. The van der Waals surface area contributed by atoms with E-state index in [4.69, 9.17) is 21.7 Å². The summed E-state index contributed by atoms with van der Waals surface area (Å²) in [6, 6.07) is -1.88. The minimum Gasteiger partial charge on any atom is -0.480 e. The SMILES string of the molecule is NCCCC(=O)N[C@@H](Cc1cnc[nH]1)C(=O)O.NCCCCC(=O)N[C@@H](Cc1cnc[nH]1)C(=O)O. The van der Waals surface area contributed by atoms with Crippen LogP contribution in [0.1, 0.15) is 43.5 Å². The molecule has 0 radical (unpaired) electrons. The average molecular weight is 495 g/mol. The van der Waals surface area contributed by atoms with E-state index in [1.807, 2.05) is 0 Å². The van der Waals surface area contributed by atoms with Gasteiger partial charge in [0.05, 0.1) is 12.7 Å². The Hall–Kier alpha value is -3.78. The van der Waals surface area contributed by atoms with Gasteiger partial charge in [-0.2, -0.15) is 0 Å². The molecule has 2 heterocycles. The summed E-state index contributed by atoms with van der Waals surface area (Å²) in [5.41, 5.74) is 11.9. The largest absolute Gasteiger partial charge is 0.480 e. The van der Waals surface area contributed by atoms with Gasteiger partial charge in [0.25, 0.3) is 0 Å². The Kier molecular flexibility index (Phi) is 14.0. The lowest BCUT2D eigenvalue weighted by Crippen LogP contribution is -2.42. The third kappa shape index (κ3) is 12.9. The van der Waals surface area contributed by atoms with Crippen LogP contribution in [0.15, 0.2) is 25.0 Å². The first-order valence-electron chi connectivity index (χ1n) is 11.2. The summed E-state index contributed by atoms with van der Waals surface area (Å²) in [4.78, 5) is 58.1. The van der Waals surface area contributed by atoms with Gasteiger partial charge in [0.15, 0.2) is 0 Å². The van der Waals surface area contributed by atoms with E-state index >= 15 is 0 Å². The van der Waals surface area contributed by atoms with Gasteiger partial charge in [-0.05, 0) is 32.4 Å². The van der Waals surface area contributed by atoms with Crippen LogP contribution in [0.5, 0.6) is 0 Å². The van der Waals surface area contributed by atoms with Gasteiger partial charge in [-0.1, -0.05) is 0 Å². The normalized spacial score (nSPS) is 12.1. The molecule has 0 aliphatic rings. The maximum atomic E-state index is 11.5. The number of aromatic nitrogens is 4. The van der Waals surface area contributed by atoms with E-state index in [0.717, 1.165) is 6.42 Å². The van der Waals surface area contributed by atoms with E-state index in [0.29, 0.717) is 43.7 Å². The number of aromatic amines is 2. The number of nitrogens with two attached hydrogens (primary N) is 2. The van der Waals surface area contributed by atoms with Gasteiger partial charge in [-0.15, -0.1) is 0 Å². The second-order valence-corrected chi connectivity index (χ2v) is 7.62. The summed E-state index contributed by atoms with van der Waals surface area (Å²) in [5.74, 6) is -2.70. The molecule has 0 aliphatic carbocycles. The predicted molar refractivity (Wildman–Crippen MR) is 125 cm³/mol. The zero-order valence-corrected chi connectivity index (χ0v) is 19.4. The summed E-state index contributed by atoms with van der Waals surface area (Å²) < 4.78 is 0. The molecular weight excluding hydrogens is 460 g/mol. The highest BCUT2D eigenvalue weighted by Crippen LogP contribution is 2.01.